The average Bonchev–Trinajstić information content (AvgIpc) is 3.65. The molecule has 0 radical (unpaired) electrons. The van der Waals surface area contributed by atoms with Crippen LogP contribution in [0.5, 0.6) is 0 Å². The van der Waals surface area contributed by atoms with Gasteiger partial charge < -0.3 is 4.42 Å². The molecule has 0 bridgehead atoms. The van der Waals surface area contributed by atoms with Crippen molar-refractivity contribution in [1.29, 1.82) is 5.26 Å². The third-order valence-electron chi connectivity index (χ3n) is 8.41. The van der Waals surface area contributed by atoms with Gasteiger partial charge in [-0.25, -0.2) is 4.98 Å². The van der Waals surface area contributed by atoms with E-state index < -0.39 is 13.7 Å². The van der Waals surface area contributed by atoms with Crippen molar-refractivity contribution in [3.8, 4) is 34.3 Å². The first-order valence-electron chi connectivity index (χ1n) is 17.8. The number of imidazole rings is 1. The molecule has 0 atom stereocenters. The van der Waals surface area contributed by atoms with Crippen LogP contribution in [0.3, 0.4) is 0 Å². The number of rotatable bonds is 5. The first kappa shape index (κ1) is 21.5. The molecule has 0 saturated carbocycles. The minimum Gasteiger partial charge on any atom is -0.455 e. The summed E-state index contributed by atoms with van der Waals surface area (Å²) in [6.45, 7) is 3.57. The molecule has 0 saturated heterocycles. The summed E-state index contributed by atoms with van der Waals surface area (Å²) in [6.07, 6.45) is 0. The summed E-state index contributed by atoms with van der Waals surface area (Å²) in [5, 5.41) is 10.6. The molecule has 0 amide bonds. The Kier molecular flexibility index (Phi) is 5.16. The van der Waals surface area contributed by atoms with Crippen LogP contribution >= 0.6 is 0 Å². The monoisotopic (exact) mass is 579 g/mol. The summed E-state index contributed by atoms with van der Waals surface area (Å²) in [7, 11) is 0. The molecule has 0 aliphatic carbocycles. The van der Waals surface area contributed by atoms with Gasteiger partial charge in [-0.1, -0.05) is 76.2 Å². The molecule has 2 heterocycles. The van der Waals surface area contributed by atoms with E-state index in [9.17, 15) is 5.26 Å². The Labute approximate surface area is 266 Å². The van der Waals surface area contributed by atoms with Crippen LogP contribution in [0.25, 0.3) is 61.2 Å². The zero-order chi connectivity index (χ0) is 35.7. The van der Waals surface area contributed by atoms with Crippen molar-refractivity contribution < 1.29 is 12.6 Å². The van der Waals surface area contributed by atoms with Gasteiger partial charge in [-0.3, -0.25) is 4.57 Å². The molecular weight excluding hydrogens is 538 g/mol. The highest BCUT2D eigenvalue weighted by Gasteiger charge is 2.26. The molecule has 0 aliphatic rings. The lowest BCUT2D eigenvalue weighted by molar-refractivity contribution is 0.669. The quantitative estimate of drug-likeness (QED) is 0.204. The maximum absolute atomic E-state index is 9.62. The minimum absolute atomic E-state index is 0.0324. The number of fused-ring (bicyclic) bond motifs is 4. The second kappa shape index (κ2) is 10.5. The van der Waals surface area contributed by atoms with Gasteiger partial charge in [0.15, 0.2) is 0 Å². The third kappa shape index (κ3) is 4.31. The molecule has 0 fully saturated rings. The number of aromatic nitrogens is 2. The average molecular weight is 580 g/mol. The molecule has 0 spiro atoms. The van der Waals surface area contributed by atoms with Crippen LogP contribution in [-0.2, 0) is 0 Å². The highest BCUT2D eigenvalue weighted by atomic mass is 16.3. The van der Waals surface area contributed by atoms with E-state index in [2.05, 4.69) is 58.0 Å². The van der Waals surface area contributed by atoms with Crippen LogP contribution in [0.1, 0.15) is 75.6 Å². The molecule has 7 aromatic rings. The molecule has 4 heteroatoms. The lowest BCUT2D eigenvalue weighted by Crippen LogP contribution is -2.10. The van der Waals surface area contributed by atoms with Crippen molar-refractivity contribution in [2.75, 3.05) is 0 Å². The number of hydrogen-bond acceptors (Lipinski definition) is 3. The van der Waals surface area contributed by atoms with Crippen molar-refractivity contribution in [2.24, 2.45) is 0 Å². The molecule has 7 rings (SSSR count). The normalized spacial score (nSPS) is 14.4. The number of benzene rings is 5. The topological polar surface area (TPSA) is 54.8 Å². The smallest absolute Gasteiger partial charge is 0.149 e. The van der Waals surface area contributed by atoms with Gasteiger partial charge in [-0.15, -0.1) is 0 Å². The molecule has 4 nitrogen and oxygen atoms in total. The lowest BCUT2D eigenvalue weighted by Gasteiger charge is -2.25. The summed E-state index contributed by atoms with van der Waals surface area (Å²) in [6, 6.07) is 30.0. The Bertz CT molecular complexity index is 2450. The van der Waals surface area contributed by atoms with Crippen LogP contribution in [-0.4, -0.2) is 9.55 Å². The molecule has 216 valence electrons. The zero-order valence-corrected chi connectivity index (χ0v) is 25.1. The summed E-state index contributed by atoms with van der Waals surface area (Å²) >= 11 is 0. The molecule has 2 aromatic heterocycles. The molecule has 44 heavy (non-hydrogen) atoms. The SMILES string of the molecule is [2H]C([2H])([2H])c1ccc(-c2nc3cccc(C([2H])([2H])[2H])c3n2-c2c(C(C)C)cc(-c3ccccc3)cc2C(C)C)c2oc3cc(C#N)ccc3c12. The molecule has 0 unspecified atom stereocenters. The molecule has 0 aliphatic heterocycles. The number of para-hydroxylation sites is 1. The van der Waals surface area contributed by atoms with Gasteiger partial charge in [0.05, 0.1) is 33.9 Å². The number of furan rings is 1. The number of nitrogens with zero attached hydrogens (tertiary/aromatic N) is 3. The zero-order valence-electron chi connectivity index (χ0n) is 31.1. The van der Waals surface area contributed by atoms with E-state index in [1.165, 1.54) is 0 Å². The van der Waals surface area contributed by atoms with Gasteiger partial charge in [-0.2, -0.15) is 5.26 Å². The fourth-order valence-corrected chi connectivity index (χ4v) is 6.27. The number of hydrogen-bond donors (Lipinski definition) is 0. The van der Waals surface area contributed by atoms with Gasteiger partial charge >= 0.3 is 0 Å². The van der Waals surface area contributed by atoms with Crippen LogP contribution in [0.4, 0.5) is 0 Å². The second-order valence-corrected chi connectivity index (χ2v) is 11.9. The highest BCUT2D eigenvalue weighted by molar-refractivity contribution is 6.11. The van der Waals surface area contributed by atoms with Crippen molar-refractivity contribution >= 4 is 33.0 Å². The van der Waals surface area contributed by atoms with E-state index in [1.807, 2.05) is 22.8 Å². The lowest BCUT2D eigenvalue weighted by atomic mass is 9.88. The summed E-state index contributed by atoms with van der Waals surface area (Å²) in [5.41, 5.74) is 7.75. The standard InChI is InChI=1S/C40H35N3O/c1-23(2)32-20-29(28-12-8-7-9-13-28)21-33(24(3)4)38(32)43-37-26(6)11-10-14-34(37)42-40(43)31-17-15-25(5)36-30-18-16-27(22-41)19-35(30)44-39(31)36/h7-21,23-24H,1-6H3/i5D3,6D3. The van der Waals surface area contributed by atoms with Crippen molar-refractivity contribution in [1.82, 2.24) is 9.55 Å². The van der Waals surface area contributed by atoms with Crippen molar-refractivity contribution in [2.45, 2.75) is 53.2 Å². The fourth-order valence-electron chi connectivity index (χ4n) is 6.27. The van der Waals surface area contributed by atoms with Crippen LogP contribution in [0, 0.1) is 25.0 Å². The Morgan fingerprint density at radius 3 is 2.23 bits per heavy atom. The third-order valence-corrected chi connectivity index (χ3v) is 8.41. The van der Waals surface area contributed by atoms with Crippen molar-refractivity contribution in [3.05, 3.63) is 119 Å². The van der Waals surface area contributed by atoms with Gasteiger partial charge in [0.1, 0.15) is 17.0 Å². The maximum Gasteiger partial charge on any atom is 0.149 e. The van der Waals surface area contributed by atoms with E-state index in [0.29, 0.717) is 49.9 Å². The Morgan fingerprint density at radius 2 is 1.55 bits per heavy atom. The maximum atomic E-state index is 9.62. The minimum atomic E-state index is -2.46. The van der Waals surface area contributed by atoms with Crippen LogP contribution in [0.15, 0.2) is 95.4 Å². The van der Waals surface area contributed by atoms with Gasteiger partial charge in [-0.05, 0) is 101 Å². The first-order chi connectivity index (χ1) is 23.7. The van der Waals surface area contributed by atoms with Crippen LogP contribution < -0.4 is 0 Å². The largest absolute Gasteiger partial charge is 0.455 e. The Hall–Kier alpha value is -5.14. The van der Waals surface area contributed by atoms with E-state index in [0.717, 1.165) is 27.9 Å². The summed E-state index contributed by atoms with van der Waals surface area (Å²) < 4.78 is 59.3. The first-order valence-corrected chi connectivity index (χ1v) is 14.8. The molecular formula is C40H35N3O. The van der Waals surface area contributed by atoms with Gasteiger partial charge in [0.25, 0.3) is 0 Å². The predicted molar refractivity (Wildman–Crippen MR) is 182 cm³/mol. The number of nitriles is 1. The van der Waals surface area contributed by atoms with E-state index >= 15 is 0 Å². The highest BCUT2D eigenvalue weighted by Crippen LogP contribution is 2.43. The van der Waals surface area contributed by atoms with E-state index in [-0.39, 0.29) is 23.0 Å². The van der Waals surface area contributed by atoms with E-state index in [1.54, 1.807) is 48.5 Å². The second-order valence-electron chi connectivity index (χ2n) is 11.9. The Balaban J connectivity index is 1.68. The molecule has 5 aromatic carbocycles. The predicted octanol–water partition coefficient (Wildman–Crippen LogP) is 11.0. The van der Waals surface area contributed by atoms with Gasteiger partial charge in [0.2, 0.25) is 0 Å². The van der Waals surface area contributed by atoms with Crippen molar-refractivity contribution in [3.63, 3.8) is 0 Å². The fraction of sp³-hybridized carbons (Fsp3) is 0.200. The summed E-state index contributed by atoms with van der Waals surface area (Å²) in [4.78, 5) is 5.12. The Morgan fingerprint density at radius 1 is 0.795 bits per heavy atom. The van der Waals surface area contributed by atoms with Crippen LogP contribution in [0.2, 0.25) is 0 Å². The summed E-state index contributed by atoms with van der Waals surface area (Å²) in [5.74, 6) is 0.490. The number of aryl methyl sites for hydroxylation is 2. The van der Waals surface area contributed by atoms with Gasteiger partial charge in [0, 0.05) is 19.0 Å². The molecule has 0 N–H and O–H groups in total. The van der Waals surface area contributed by atoms with E-state index in [4.69, 9.17) is 17.6 Å².